The number of hydrogen-bond donors (Lipinski definition) is 0. The van der Waals surface area contributed by atoms with Crippen LogP contribution in [0.4, 0.5) is 0 Å². The first-order valence-corrected chi connectivity index (χ1v) is 9.06. The molecular weight excluding hydrogens is 455 g/mol. The molecule has 0 spiro atoms. The lowest BCUT2D eigenvalue weighted by Crippen LogP contribution is -2.37. The first-order chi connectivity index (χ1) is 12.7. The molecule has 3 heterocycles. The Kier molecular flexibility index (Phi) is 12.2. The fourth-order valence-corrected chi connectivity index (χ4v) is 3.40. The minimum absolute atomic E-state index is 0. The second-order valence-electron chi connectivity index (χ2n) is 6.58. The summed E-state index contributed by atoms with van der Waals surface area (Å²) in [6.45, 7) is 1.90. The molecule has 1 aromatic carbocycles. The quantitative estimate of drug-likeness (QED) is 0.515. The van der Waals surface area contributed by atoms with Crippen molar-refractivity contribution < 1.29 is 20.4 Å². The summed E-state index contributed by atoms with van der Waals surface area (Å²) in [5, 5.41) is 0.746. The van der Waals surface area contributed by atoms with Crippen LogP contribution < -0.4 is 0 Å². The van der Waals surface area contributed by atoms with Gasteiger partial charge in [-0.1, -0.05) is 23.7 Å². The van der Waals surface area contributed by atoms with Gasteiger partial charge in [-0.2, -0.15) is 0 Å². The highest BCUT2D eigenvalue weighted by Gasteiger charge is 2.41. The molecule has 3 aromatic rings. The van der Waals surface area contributed by atoms with Gasteiger partial charge in [-0.15, -0.1) is 24.8 Å². The van der Waals surface area contributed by atoms with E-state index in [0.717, 1.165) is 24.4 Å². The molecule has 4 rings (SSSR count). The summed E-state index contributed by atoms with van der Waals surface area (Å²) in [5.74, 6) is -0.661. The van der Waals surface area contributed by atoms with Gasteiger partial charge in [0, 0.05) is 36.2 Å². The van der Waals surface area contributed by atoms with Crippen LogP contribution in [-0.2, 0) is 29.0 Å². The normalized spacial score (nSPS) is 19.7. The first kappa shape index (κ1) is 28.4. The topological polar surface area (TPSA) is 117 Å². The van der Waals surface area contributed by atoms with Crippen molar-refractivity contribution in [1.82, 2.24) is 19.1 Å². The number of nitrogens with zero attached hydrogens (tertiary/aromatic N) is 4. The van der Waals surface area contributed by atoms with E-state index in [2.05, 4.69) is 9.97 Å². The molecule has 1 fully saturated rings. The fourth-order valence-electron chi connectivity index (χ4n) is 3.27. The van der Waals surface area contributed by atoms with E-state index in [1.54, 1.807) is 25.0 Å². The van der Waals surface area contributed by atoms with Crippen molar-refractivity contribution in [3.8, 4) is 0 Å². The van der Waals surface area contributed by atoms with Gasteiger partial charge in [-0.3, -0.25) is 0 Å². The van der Waals surface area contributed by atoms with Crippen molar-refractivity contribution in [2.45, 2.75) is 37.8 Å². The number of aryl methyl sites for hydroxylation is 1. The lowest BCUT2D eigenvalue weighted by atomic mass is 10.0. The number of imidazole rings is 2. The van der Waals surface area contributed by atoms with Crippen molar-refractivity contribution in [3.05, 3.63) is 72.3 Å². The second-order valence-corrected chi connectivity index (χ2v) is 7.02. The molecule has 2 aromatic heterocycles. The summed E-state index contributed by atoms with van der Waals surface area (Å²) in [6, 6.07) is 7.92. The van der Waals surface area contributed by atoms with Gasteiger partial charge >= 0.3 is 0 Å². The Morgan fingerprint density at radius 3 is 2.23 bits per heavy atom. The van der Waals surface area contributed by atoms with Crippen LogP contribution in [0, 0.1) is 0 Å². The Labute approximate surface area is 192 Å². The molecule has 30 heavy (non-hydrogen) atoms. The molecule has 1 aliphatic heterocycles. The molecule has 0 saturated carbocycles. The van der Waals surface area contributed by atoms with Crippen LogP contribution in [0.25, 0.3) is 0 Å². The number of rotatable bonds is 7. The van der Waals surface area contributed by atoms with Gasteiger partial charge in [-0.05, 0) is 24.1 Å². The molecule has 4 N–H and O–H groups in total. The van der Waals surface area contributed by atoms with Crippen molar-refractivity contribution in [2.24, 2.45) is 0 Å². The number of hydrogen-bond acceptors (Lipinski definition) is 4. The predicted molar refractivity (Wildman–Crippen MR) is 120 cm³/mol. The van der Waals surface area contributed by atoms with E-state index in [-0.39, 0.29) is 41.9 Å². The van der Waals surface area contributed by atoms with Gasteiger partial charge < -0.3 is 29.6 Å². The molecule has 0 amide bonds. The van der Waals surface area contributed by atoms with Crippen LogP contribution in [0.5, 0.6) is 0 Å². The summed E-state index contributed by atoms with van der Waals surface area (Å²) < 4.78 is 16.6. The molecular formula is C19H27Cl3N4O4. The van der Waals surface area contributed by atoms with E-state index in [4.69, 9.17) is 21.1 Å². The van der Waals surface area contributed by atoms with E-state index < -0.39 is 5.79 Å². The monoisotopic (exact) mass is 480 g/mol. The maximum atomic E-state index is 6.40. The second kappa shape index (κ2) is 12.9. The van der Waals surface area contributed by atoms with Gasteiger partial charge in [-0.25, -0.2) is 9.97 Å². The Hall–Kier alpha value is -1.65. The van der Waals surface area contributed by atoms with Crippen LogP contribution in [0.3, 0.4) is 0 Å². The minimum atomic E-state index is -0.661. The van der Waals surface area contributed by atoms with Gasteiger partial charge in [0.05, 0.1) is 32.4 Å². The van der Waals surface area contributed by atoms with E-state index in [9.17, 15) is 0 Å². The van der Waals surface area contributed by atoms with Crippen molar-refractivity contribution >= 4 is 36.4 Å². The minimum Gasteiger partial charge on any atom is -0.412 e. The van der Waals surface area contributed by atoms with Crippen LogP contribution in [-0.4, -0.2) is 48.6 Å². The van der Waals surface area contributed by atoms with Gasteiger partial charge in [0.15, 0.2) is 5.79 Å². The third-order valence-corrected chi connectivity index (χ3v) is 4.83. The molecule has 11 heteroatoms. The largest absolute Gasteiger partial charge is 0.412 e. The van der Waals surface area contributed by atoms with Crippen molar-refractivity contribution in [2.75, 3.05) is 6.61 Å². The molecule has 0 radical (unpaired) electrons. The SMILES string of the molecule is Cl.Cl.Clc1ccc(CC[C@@]2(Cn3ccnc3)OC[C@@H](Cn3ccnc3)O2)cc1.O.O. The van der Waals surface area contributed by atoms with E-state index >= 15 is 0 Å². The standard InChI is InChI=1S/C19H21ClN4O2.2ClH.2H2O/c20-17-3-1-16(2-4-17)5-6-19(13-24-10-8-22-15-24)25-12-18(26-19)11-23-9-7-21-14-23;;;;/h1-4,7-10,14-15,18H,5-6,11-13H2;2*1H;2*1H2/t18-,19-;;;;/m1..../s1. The van der Waals surface area contributed by atoms with Gasteiger partial charge in [0.25, 0.3) is 0 Å². The average molecular weight is 482 g/mol. The zero-order chi connectivity index (χ0) is 17.8. The lowest BCUT2D eigenvalue weighted by Gasteiger charge is -2.28. The summed E-state index contributed by atoms with van der Waals surface area (Å²) in [6.07, 6.45) is 12.6. The van der Waals surface area contributed by atoms with Crippen molar-refractivity contribution in [1.29, 1.82) is 0 Å². The summed E-state index contributed by atoms with van der Waals surface area (Å²) >= 11 is 5.98. The van der Waals surface area contributed by atoms with Crippen LogP contribution in [0.15, 0.2) is 61.7 Å². The predicted octanol–water partition coefficient (Wildman–Crippen LogP) is 2.37. The van der Waals surface area contributed by atoms with E-state index in [1.165, 1.54) is 5.56 Å². The number of halogens is 3. The van der Waals surface area contributed by atoms with E-state index in [1.807, 2.05) is 45.8 Å². The molecule has 8 nitrogen and oxygen atoms in total. The Morgan fingerprint density at radius 1 is 1.00 bits per heavy atom. The van der Waals surface area contributed by atoms with Crippen molar-refractivity contribution in [3.63, 3.8) is 0 Å². The highest BCUT2D eigenvalue weighted by atomic mass is 35.5. The highest BCUT2D eigenvalue weighted by Crippen LogP contribution is 2.31. The molecule has 168 valence electrons. The Morgan fingerprint density at radius 2 is 1.63 bits per heavy atom. The Balaban J connectivity index is 0.00000210. The van der Waals surface area contributed by atoms with Crippen LogP contribution >= 0.6 is 36.4 Å². The summed E-state index contributed by atoms with van der Waals surface area (Å²) in [4.78, 5) is 8.22. The summed E-state index contributed by atoms with van der Waals surface area (Å²) in [5.41, 5.74) is 1.21. The molecule has 0 unspecified atom stereocenters. The maximum absolute atomic E-state index is 6.40. The third kappa shape index (κ3) is 7.24. The van der Waals surface area contributed by atoms with Crippen LogP contribution in [0.2, 0.25) is 5.02 Å². The smallest absolute Gasteiger partial charge is 0.187 e. The maximum Gasteiger partial charge on any atom is 0.187 e. The zero-order valence-corrected chi connectivity index (χ0v) is 18.6. The lowest BCUT2D eigenvalue weighted by molar-refractivity contribution is -0.183. The highest BCUT2D eigenvalue weighted by molar-refractivity contribution is 6.30. The number of aromatic nitrogens is 4. The fraction of sp³-hybridized carbons (Fsp3) is 0.368. The van der Waals surface area contributed by atoms with E-state index in [0.29, 0.717) is 13.2 Å². The zero-order valence-electron chi connectivity index (χ0n) is 16.2. The number of benzene rings is 1. The van der Waals surface area contributed by atoms with Gasteiger partial charge in [0.2, 0.25) is 0 Å². The molecule has 0 bridgehead atoms. The third-order valence-electron chi connectivity index (χ3n) is 4.58. The molecule has 0 aliphatic carbocycles. The molecule has 1 saturated heterocycles. The first-order valence-electron chi connectivity index (χ1n) is 8.68. The number of ether oxygens (including phenoxy) is 2. The molecule has 1 aliphatic rings. The van der Waals surface area contributed by atoms with Gasteiger partial charge in [0.1, 0.15) is 6.10 Å². The van der Waals surface area contributed by atoms with Crippen LogP contribution in [0.1, 0.15) is 12.0 Å². The summed E-state index contributed by atoms with van der Waals surface area (Å²) in [7, 11) is 0. The Bertz CT molecular complexity index is 819. The molecule has 2 atom stereocenters. The average Bonchev–Trinajstić information content (AvgIpc) is 3.39.